The van der Waals surface area contributed by atoms with Gasteiger partial charge in [-0.2, -0.15) is 0 Å². The molecule has 1 aliphatic rings. The number of hydrogen-bond donors (Lipinski definition) is 0. The summed E-state index contributed by atoms with van der Waals surface area (Å²) in [4.78, 5) is 0. The second-order valence-corrected chi connectivity index (χ2v) is 9.41. The van der Waals surface area contributed by atoms with E-state index in [2.05, 4.69) is 0 Å². The van der Waals surface area contributed by atoms with Crippen LogP contribution in [-0.2, 0) is 20.7 Å². The van der Waals surface area contributed by atoms with Crippen molar-refractivity contribution in [1.29, 1.82) is 0 Å². The van der Waals surface area contributed by atoms with Crippen molar-refractivity contribution in [2.75, 3.05) is 0 Å². The Morgan fingerprint density at radius 3 is 0.919 bits per heavy atom. The Kier molecular flexibility index (Phi) is 10.0. The van der Waals surface area contributed by atoms with Crippen molar-refractivity contribution >= 4 is 0 Å². The van der Waals surface area contributed by atoms with Crippen molar-refractivity contribution in [3.8, 4) is 0 Å². The molecule has 4 aromatic carbocycles. The third kappa shape index (κ3) is 5.70. The van der Waals surface area contributed by atoms with Gasteiger partial charge in [0.2, 0.25) is 0 Å². The first-order chi connectivity index (χ1) is 16.9. The second-order valence-electron chi connectivity index (χ2n) is 9.41. The summed E-state index contributed by atoms with van der Waals surface area (Å²) in [7, 11) is 0. The Balaban J connectivity index is 0.00000190. The molecule has 0 unspecified atom stereocenters. The third-order valence-electron chi connectivity index (χ3n) is 6.71. The Morgan fingerprint density at radius 2 is 0.703 bits per heavy atom. The van der Waals surface area contributed by atoms with Gasteiger partial charge in [0.25, 0.3) is 0 Å². The summed E-state index contributed by atoms with van der Waals surface area (Å²) in [5, 5.41) is 30.3. The van der Waals surface area contributed by atoms with Crippen molar-refractivity contribution in [3.05, 3.63) is 144 Å². The monoisotopic (exact) mass is 510 g/mol. The maximum atomic E-state index is 15.2. The summed E-state index contributed by atoms with van der Waals surface area (Å²) < 4.78 is 12.8. The third-order valence-corrected chi connectivity index (χ3v) is 6.71. The van der Waals surface area contributed by atoms with Crippen molar-refractivity contribution in [1.82, 2.24) is 0 Å². The molecule has 0 N–H and O–H groups in total. The normalized spacial score (nSPS) is 18.9. The molecule has 0 amide bonds. The molecule has 1 aliphatic heterocycles. The smallest absolute Gasteiger partial charge is 0.841 e. The molecule has 2 atom stereocenters. The molecule has 0 saturated carbocycles. The van der Waals surface area contributed by atoms with Crippen molar-refractivity contribution < 1.29 is 78.8 Å². The average Bonchev–Trinajstić information content (AvgIpc) is 3.26. The predicted molar refractivity (Wildman–Crippen MR) is 131 cm³/mol. The molecule has 37 heavy (non-hydrogen) atoms. The van der Waals surface area contributed by atoms with E-state index in [0.717, 1.165) is 0 Å². The number of benzene rings is 4. The SMILES string of the molecule is CC1(C)O[C@@H](C([O-])(c2ccccc2)c2ccccc2)[C@H](C([O-])(c2ccccc2)c2ccccc2)O1.[Na+].[Na+]. The molecular formula is C31H28Na2O4. The van der Waals surface area contributed by atoms with Crippen LogP contribution >= 0.6 is 0 Å². The van der Waals surface area contributed by atoms with Gasteiger partial charge in [0.05, 0.1) is 12.2 Å². The van der Waals surface area contributed by atoms with Crippen LogP contribution in [0.25, 0.3) is 0 Å². The first-order valence-electron chi connectivity index (χ1n) is 11.8. The molecule has 0 bridgehead atoms. The topological polar surface area (TPSA) is 64.6 Å². The van der Waals surface area contributed by atoms with Gasteiger partial charge < -0.3 is 19.7 Å². The fourth-order valence-electron chi connectivity index (χ4n) is 5.09. The van der Waals surface area contributed by atoms with E-state index in [4.69, 9.17) is 9.47 Å². The van der Waals surface area contributed by atoms with Crippen LogP contribution in [0, 0.1) is 0 Å². The fraction of sp³-hybridized carbons (Fsp3) is 0.226. The van der Waals surface area contributed by atoms with E-state index in [1.807, 2.05) is 72.8 Å². The zero-order chi connectivity index (χ0) is 24.5. The van der Waals surface area contributed by atoms with Gasteiger partial charge in [-0.15, -0.1) is 0 Å². The van der Waals surface area contributed by atoms with Crippen molar-refractivity contribution in [2.45, 2.75) is 43.0 Å². The largest absolute Gasteiger partial charge is 1.00 e. The van der Waals surface area contributed by atoms with E-state index in [1.165, 1.54) is 0 Å². The van der Waals surface area contributed by atoms with Gasteiger partial charge in [0, 0.05) is 0 Å². The number of ether oxygens (including phenoxy) is 2. The Bertz CT molecular complexity index is 1070. The maximum absolute atomic E-state index is 15.2. The molecule has 6 heteroatoms. The van der Waals surface area contributed by atoms with Crippen molar-refractivity contribution in [2.24, 2.45) is 0 Å². The molecule has 4 nitrogen and oxygen atoms in total. The van der Waals surface area contributed by atoms with E-state index in [1.54, 1.807) is 62.4 Å². The van der Waals surface area contributed by atoms with E-state index < -0.39 is 29.2 Å². The number of rotatable bonds is 6. The summed E-state index contributed by atoms with van der Waals surface area (Å²) in [5.41, 5.74) is -1.70. The molecule has 0 spiro atoms. The zero-order valence-corrected chi connectivity index (χ0v) is 25.8. The van der Waals surface area contributed by atoms with Gasteiger partial charge in [0.1, 0.15) is 0 Å². The van der Waals surface area contributed by atoms with Gasteiger partial charge >= 0.3 is 59.1 Å². The van der Waals surface area contributed by atoms with Crippen LogP contribution in [0.1, 0.15) is 36.1 Å². The van der Waals surface area contributed by atoms with E-state index in [0.29, 0.717) is 22.3 Å². The fourth-order valence-corrected chi connectivity index (χ4v) is 5.09. The van der Waals surface area contributed by atoms with Gasteiger partial charge in [-0.1, -0.05) is 144 Å². The Morgan fingerprint density at radius 1 is 0.486 bits per heavy atom. The van der Waals surface area contributed by atoms with Crippen LogP contribution in [-0.4, -0.2) is 18.0 Å². The summed E-state index contributed by atoms with van der Waals surface area (Å²) in [6, 6.07) is 36.5. The van der Waals surface area contributed by atoms with E-state index >= 15 is 10.2 Å². The summed E-state index contributed by atoms with van der Waals surface area (Å²) >= 11 is 0. The molecule has 1 fully saturated rings. The summed E-state index contributed by atoms with van der Waals surface area (Å²) in [5.74, 6) is -1.13. The predicted octanol–water partition coefficient (Wildman–Crippen LogP) is -1.88. The van der Waals surface area contributed by atoms with Crippen LogP contribution < -0.4 is 69.3 Å². The second kappa shape index (κ2) is 12.3. The van der Waals surface area contributed by atoms with Gasteiger partial charge in [0.15, 0.2) is 5.79 Å². The average molecular weight is 511 g/mol. The summed E-state index contributed by atoms with van der Waals surface area (Å²) in [6.07, 6.45) is -2.22. The molecule has 0 radical (unpaired) electrons. The summed E-state index contributed by atoms with van der Waals surface area (Å²) in [6.45, 7) is 3.51. The first-order valence-corrected chi connectivity index (χ1v) is 11.8. The molecule has 5 rings (SSSR count). The van der Waals surface area contributed by atoms with Crippen LogP contribution in [0.3, 0.4) is 0 Å². The van der Waals surface area contributed by atoms with Crippen LogP contribution in [0.4, 0.5) is 0 Å². The molecule has 4 aromatic rings. The minimum atomic E-state index is -1.89. The molecule has 1 saturated heterocycles. The minimum absolute atomic E-state index is 0. The maximum Gasteiger partial charge on any atom is 1.00 e. The molecule has 1 heterocycles. The van der Waals surface area contributed by atoms with Crippen LogP contribution in [0.5, 0.6) is 0 Å². The van der Waals surface area contributed by atoms with Crippen LogP contribution in [0.15, 0.2) is 121 Å². The number of hydrogen-bond acceptors (Lipinski definition) is 4. The Labute approximate surface area is 263 Å². The van der Waals surface area contributed by atoms with Crippen molar-refractivity contribution in [3.63, 3.8) is 0 Å². The zero-order valence-electron chi connectivity index (χ0n) is 21.8. The minimum Gasteiger partial charge on any atom is -0.841 e. The van der Waals surface area contributed by atoms with E-state index in [9.17, 15) is 0 Å². The first kappa shape index (κ1) is 30.3. The van der Waals surface area contributed by atoms with E-state index in [-0.39, 0.29) is 59.1 Å². The Hall–Kier alpha value is -1.28. The molecule has 178 valence electrons. The van der Waals surface area contributed by atoms with Gasteiger partial charge in [-0.25, -0.2) is 0 Å². The van der Waals surface area contributed by atoms with Gasteiger partial charge in [-0.3, -0.25) is 0 Å². The molecule has 0 aliphatic carbocycles. The molecule has 0 aromatic heterocycles. The van der Waals surface area contributed by atoms with Crippen LogP contribution in [0.2, 0.25) is 0 Å². The van der Waals surface area contributed by atoms with Gasteiger partial charge in [-0.05, 0) is 25.0 Å². The standard InChI is InChI=1S/C31H28O4.2Na/c1-29(2)34-27(30(32,23-15-7-3-8-16-23)24-17-9-4-10-18-24)28(35-29)31(33,25-19-11-5-12-20-25)26-21-13-6-14-22-26;;/h3-22,27-28H,1-2H3;;/q-2;2*+1/t27-,28-;;/m1../s1. The molecular weight excluding hydrogens is 482 g/mol. The quantitative estimate of drug-likeness (QED) is 0.285.